The number of rotatable bonds is 2. The number of benzene rings is 1. The molecule has 5 nitrogen and oxygen atoms in total. The van der Waals surface area contributed by atoms with Gasteiger partial charge in [-0.15, -0.1) is 11.8 Å². The Hall–Kier alpha value is -1.69. The van der Waals surface area contributed by atoms with Crippen molar-refractivity contribution in [2.45, 2.75) is 4.90 Å². The predicted octanol–water partition coefficient (Wildman–Crippen LogP) is 2.55. The van der Waals surface area contributed by atoms with Crippen LogP contribution in [0.1, 0.15) is 0 Å². The van der Waals surface area contributed by atoms with Gasteiger partial charge in [0.2, 0.25) is 0 Å². The molecule has 98 valence electrons. The van der Waals surface area contributed by atoms with Crippen LogP contribution in [-0.2, 0) is 0 Å². The summed E-state index contributed by atoms with van der Waals surface area (Å²) in [7, 11) is 4.63. The van der Waals surface area contributed by atoms with Crippen molar-refractivity contribution in [3.05, 3.63) is 24.3 Å². The summed E-state index contributed by atoms with van der Waals surface area (Å²) in [6.07, 6.45) is 1.98. The number of hydrogen-bond donors (Lipinski definition) is 1. The van der Waals surface area contributed by atoms with Gasteiger partial charge in [0.05, 0.1) is 0 Å². The molecule has 1 rings (SSSR count). The van der Waals surface area contributed by atoms with Crippen LogP contribution in [0.3, 0.4) is 0 Å². The molecule has 0 aromatic heterocycles. The van der Waals surface area contributed by atoms with Crippen molar-refractivity contribution < 1.29 is 9.59 Å². The first-order chi connectivity index (χ1) is 8.45. The molecule has 0 radical (unpaired) electrons. The first-order valence-electron chi connectivity index (χ1n) is 5.35. The van der Waals surface area contributed by atoms with Gasteiger partial charge in [-0.05, 0) is 30.5 Å². The van der Waals surface area contributed by atoms with E-state index in [-0.39, 0.29) is 6.03 Å². The van der Waals surface area contributed by atoms with E-state index < -0.39 is 6.03 Å². The molecule has 1 N–H and O–H groups in total. The molecule has 0 atom stereocenters. The fourth-order valence-electron chi connectivity index (χ4n) is 1.27. The van der Waals surface area contributed by atoms with Gasteiger partial charge in [0.25, 0.3) is 0 Å². The van der Waals surface area contributed by atoms with Crippen LogP contribution in [0.4, 0.5) is 15.3 Å². The number of carbonyl (C=O) groups excluding carboxylic acids is 2. The number of carbonyl (C=O) groups is 2. The number of thioether (sulfide) groups is 1. The SMILES string of the molecule is CSc1ccc(NC(=O)N(C)C(=O)N(C)C)cc1. The quantitative estimate of drug-likeness (QED) is 0.838. The monoisotopic (exact) mass is 267 g/mol. The molecule has 0 saturated carbocycles. The molecule has 0 aliphatic heterocycles. The van der Waals surface area contributed by atoms with E-state index >= 15 is 0 Å². The van der Waals surface area contributed by atoms with E-state index in [1.165, 1.54) is 11.9 Å². The zero-order chi connectivity index (χ0) is 13.7. The van der Waals surface area contributed by atoms with Gasteiger partial charge in [-0.2, -0.15) is 0 Å². The Balaban J connectivity index is 2.66. The second kappa shape index (κ2) is 6.30. The van der Waals surface area contributed by atoms with Gasteiger partial charge >= 0.3 is 12.1 Å². The van der Waals surface area contributed by atoms with Crippen molar-refractivity contribution in [2.24, 2.45) is 0 Å². The molecular weight excluding hydrogens is 250 g/mol. The maximum absolute atomic E-state index is 11.8. The molecule has 0 heterocycles. The minimum absolute atomic E-state index is 0.367. The average molecular weight is 267 g/mol. The molecule has 0 unspecified atom stereocenters. The second-order valence-corrected chi connectivity index (χ2v) is 4.77. The highest BCUT2D eigenvalue weighted by molar-refractivity contribution is 7.98. The first kappa shape index (κ1) is 14.4. The highest BCUT2D eigenvalue weighted by atomic mass is 32.2. The van der Waals surface area contributed by atoms with Crippen LogP contribution in [-0.4, -0.2) is 49.3 Å². The summed E-state index contributed by atoms with van der Waals surface area (Å²) in [5.74, 6) is 0. The predicted molar refractivity (Wildman–Crippen MR) is 74.1 cm³/mol. The fourth-order valence-corrected chi connectivity index (χ4v) is 1.68. The molecule has 0 spiro atoms. The second-order valence-electron chi connectivity index (χ2n) is 3.89. The highest BCUT2D eigenvalue weighted by Crippen LogP contribution is 2.17. The van der Waals surface area contributed by atoms with Gasteiger partial charge in [-0.1, -0.05) is 0 Å². The summed E-state index contributed by atoms with van der Waals surface area (Å²) in [6, 6.07) is 6.61. The molecule has 0 saturated heterocycles. The molecule has 0 aliphatic rings. The molecule has 4 amide bonds. The van der Waals surface area contributed by atoms with E-state index in [0.717, 1.165) is 9.80 Å². The maximum Gasteiger partial charge on any atom is 0.329 e. The Labute approximate surface area is 111 Å². The Morgan fingerprint density at radius 1 is 1.11 bits per heavy atom. The van der Waals surface area contributed by atoms with Crippen molar-refractivity contribution >= 4 is 29.5 Å². The van der Waals surface area contributed by atoms with E-state index in [0.29, 0.717) is 5.69 Å². The van der Waals surface area contributed by atoms with Gasteiger partial charge in [0.1, 0.15) is 0 Å². The Bertz CT molecular complexity index is 431. The van der Waals surface area contributed by atoms with E-state index in [2.05, 4.69) is 5.32 Å². The minimum Gasteiger partial charge on any atom is -0.330 e. The van der Waals surface area contributed by atoms with Gasteiger partial charge in [-0.3, -0.25) is 0 Å². The van der Waals surface area contributed by atoms with Gasteiger partial charge in [0.15, 0.2) is 0 Å². The molecule has 0 fully saturated rings. The summed E-state index contributed by atoms with van der Waals surface area (Å²) in [5.41, 5.74) is 0.663. The normalized spacial score (nSPS) is 9.78. The third-order valence-corrected chi connectivity index (χ3v) is 3.06. The third-order valence-electron chi connectivity index (χ3n) is 2.32. The Kier molecular flexibility index (Phi) is 5.03. The van der Waals surface area contributed by atoms with Crippen LogP contribution in [0.2, 0.25) is 0 Å². The number of nitrogens with one attached hydrogen (secondary N) is 1. The lowest BCUT2D eigenvalue weighted by Crippen LogP contribution is -2.42. The van der Waals surface area contributed by atoms with Crippen molar-refractivity contribution in [3.63, 3.8) is 0 Å². The average Bonchev–Trinajstić information content (AvgIpc) is 2.37. The van der Waals surface area contributed by atoms with E-state index in [9.17, 15) is 9.59 Å². The van der Waals surface area contributed by atoms with E-state index in [1.54, 1.807) is 38.0 Å². The number of imide groups is 1. The van der Waals surface area contributed by atoms with Crippen LogP contribution in [0.25, 0.3) is 0 Å². The van der Waals surface area contributed by atoms with Crippen molar-refractivity contribution in [2.75, 3.05) is 32.7 Å². The largest absolute Gasteiger partial charge is 0.330 e. The summed E-state index contributed by atoms with van der Waals surface area (Å²) < 4.78 is 0. The van der Waals surface area contributed by atoms with Crippen LogP contribution < -0.4 is 5.32 Å². The molecule has 1 aromatic carbocycles. The Morgan fingerprint density at radius 3 is 2.11 bits per heavy atom. The van der Waals surface area contributed by atoms with E-state index in [4.69, 9.17) is 0 Å². The Morgan fingerprint density at radius 2 is 1.67 bits per heavy atom. The molecule has 1 aromatic rings. The number of nitrogens with zero attached hydrogens (tertiary/aromatic N) is 2. The van der Waals surface area contributed by atoms with Gasteiger partial charge in [0, 0.05) is 31.7 Å². The number of anilines is 1. The summed E-state index contributed by atoms with van der Waals surface area (Å²) >= 11 is 1.63. The minimum atomic E-state index is -0.453. The molecule has 0 aliphatic carbocycles. The summed E-state index contributed by atoms with van der Waals surface area (Å²) in [6.45, 7) is 0. The van der Waals surface area contributed by atoms with E-state index in [1.807, 2.05) is 18.4 Å². The first-order valence-corrected chi connectivity index (χ1v) is 6.58. The zero-order valence-corrected chi connectivity index (χ0v) is 11.7. The van der Waals surface area contributed by atoms with Crippen molar-refractivity contribution in [3.8, 4) is 0 Å². The lowest BCUT2D eigenvalue weighted by atomic mass is 10.3. The lowest BCUT2D eigenvalue weighted by molar-refractivity contribution is 0.182. The van der Waals surface area contributed by atoms with Crippen LogP contribution in [0.15, 0.2) is 29.2 Å². The van der Waals surface area contributed by atoms with Gasteiger partial charge < -0.3 is 10.2 Å². The number of amides is 4. The smallest absolute Gasteiger partial charge is 0.329 e. The molecular formula is C12H17N3O2S. The molecule has 18 heavy (non-hydrogen) atoms. The number of hydrogen-bond acceptors (Lipinski definition) is 3. The summed E-state index contributed by atoms with van der Waals surface area (Å²) in [5, 5.41) is 2.66. The van der Waals surface area contributed by atoms with Gasteiger partial charge in [-0.25, -0.2) is 14.5 Å². The number of urea groups is 2. The third kappa shape index (κ3) is 3.66. The molecule has 6 heteroatoms. The van der Waals surface area contributed by atoms with Crippen LogP contribution in [0.5, 0.6) is 0 Å². The highest BCUT2D eigenvalue weighted by Gasteiger charge is 2.18. The summed E-state index contributed by atoms with van der Waals surface area (Å²) in [4.78, 5) is 26.8. The van der Waals surface area contributed by atoms with Crippen molar-refractivity contribution in [1.82, 2.24) is 9.80 Å². The maximum atomic E-state index is 11.8. The lowest BCUT2D eigenvalue weighted by Gasteiger charge is -2.20. The van der Waals surface area contributed by atoms with Crippen molar-refractivity contribution in [1.29, 1.82) is 0 Å². The fraction of sp³-hybridized carbons (Fsp3) is 0.333. The standard InChI is InChI=1S/C12H17N3O2S/c1-14(2)12(17)15(3)11(16)13-9-5-7-10(18-4)8-6-9/h5-8H,1-4H3,(H,13,16). The molecule has 0 bridgehead atoms. The zero-order valence-electron chi connectivity index (χ0n) is 10.9. The van der Waals surface area contributed by atoms with Crippen LogP contribution >= 0.6 is 11.8 Å². The van der Waals surface area contributed by atoms with Crippen LogP contribution in [0, 0.1) is 0 Å². The topological polar surface area (TPSA) is 52.7 Å².